The lowest BCUT2D eigenvalue weighted by atomic mass is 9.89. The van der Waals surface area contributed by atoms with E-state index < -0.39 is 0 Å². The van der Waals surface area contributed by atoms with Crippen LogP contribution in [0.25, 0.3) is 0 Å². The monoisotopic (exact) mass is 394 g/mol. The number of fused-ring (bicyclic) bond motifs is 1. The molecule has 1 aliphatic rings. The molecule has 1 N–H and O–H groups in total. The van der Waals surface area contributed by atoms with Crippen LogP contribution in [0.1, 0.15) is 22.7 Å². The number of likely N-dealkylation sites (N-methyl/N-ethyl adjacent to an activating group) is 1. The maximum absolute atomic E-state index is 6.48. The van der Waals surface area contributed by atoms with E-state index in [0.717, 1.165) is 42.1 Å². The molecule has 1 heterocycles. The molecule has 0 spiro atoms. The van der Waals surface area contributed by atoms with Gasteiger partial charge in [-0.05, 0) is 55.4 Å². The summed E-state index contributed by atoms with van der Waals surface area (Å²) in [7, 11) is 5.72. The molecule has 3 rings (SSSR count). The molecule has 4 nitrogen and oxygen atoms in total. The standard InChI is InChI=1S/C20H24Cl2N2O2/c1-24(2)9-10-26-18-12-15-13(11-17(18)25-3)7-8-23-20(15)14-5-4-6-16(21)19(14)22/h4-6,11-12,20,23H,7-10H2,1-3H3. The van der Waals surface area contributed by atoms with Crippen molar-refractivity contribution in [3.05, 3.63) is 57.1 Å². The molecular weight excluding hydrogens is 371 g/mol. The van der Waals surface area contributed by atoms with Crippen molar-refractivity contribution in [1.29, 1.82) is 0 Å². The zero-order valence-electron chi connectivity index (χ0n) is 15.3. The predicted octanol–water partition coefficient (Wildman–Crippen LogP) is 4.18. The fourth-order valence-corrected chi connectivity index (χ4v) is 3.61. The molecule has 1 unspecified atom stereocenters. The Hall–Kier alpha value is -1.46. The first-order valence-corrected chi connectivity index (χ1v) is 9.42. The van der Waals surface area contributed by atoms with Gasteiger partial charge in [-0.2, -0.15) is 0 Å². The number of rotatable bonds is 6. The second-order valence-corrected chi connectivity index (χ2v) is 7.42. The molecule has 1 atom stereocenters. The molecule has 1 aliphatic heterocycles. The highest BCUT2D eigenvalue weighted by Gasteiger charge is 2.26. The minimum atomic E-state index is -0.0212. The third kappa shape index (κ3) is 4.09. The molecule has 26 heavy (non-hydrogen) atoms. The van der Waals surface area contributed by atoms with Crippen molar-refractivity contribution in [3.8, 4) is 11.5 Å². The molecule has 0 aliphatic carbocycles. The summed E-state index contributed by atoms with van der Waals surface area (Å²) in [6.45, 7) is 2.30. The Kier molecular flexibility index (Phi) is 6.30. The highest BCUT2D eigenvalue weighted by Crippen LogP contribution is 2.40. The summed E-state index contributed by atoms with van der Waals surface area (Å²) in [5.41, 5.74) is 3.37. The molecule has 0 aromatic heterocycles. The van der Waals surface area contributed by atoms with Gasteiger partial charge in [0.25, 0.3) is 0 Å². The van der Waals surface area contributed by atoms with Crippen molar-refractivity contribution in [1.82, 2.24) is 10.2 Å². The average molecular weight is 395 g/mol. The smallest absolute Gasteiger partial charge is 0.161 e. The maximum atomic E-state index is 6.48. The van der Waals surface area contributed by atoms with E-state index in [2.05, 4.69) is 22.3 Å². The quantitative estimate of drug-likeness (QED) is 0.796. The van der Waals surface area contributed by atoms with Gasteiger partial charge in [0.1, 0.15) is 6.61 Å². The Labute approximate surface area is 165 Å². The number of ether oxygens (including phenoxy) is 2. The minimum absolute atomic E-state index is 0.0212. The molecule has 0 amide bonds. The zero-order valence-corrected chi connectivity index (χ0v) is 16.8. The van der Waals surface area contributed by atoms with Gasteiger partial charge in [0.2, 0.25) is 0 Å². The molecule has 140 valence electrons. The average Bonchev–Trinajstić information content (AvgIpc) is 2.63. The first-order chi connectivity index (χ1) is 12.5. The van der Waals surface area contributed by atoms with E-state index in [4.69, 9.17) is 32.7 Å². The lowest BCUT2D eigenvalue weighted by molar-refractivity contribution is 0.250. The molecule has 2 aromatic carbocycles. The second-order valence-electron chi connectivity index (χ2n) is 6.63. The number of nitrogens with zero attached hydrogens (tertiary/aromatic N) is 1. The van der Waals surface area contributed by atoms with E-state index in [0.29, 0.717) is 16.7 Å². The Morgan fingerprint density at radius 2 is 1.96 bits per heavy atom. The molecule has 6 heteroatoms. The number of benzene rings is 2. The van der Waals surface area contributed by atoms with Gasteiger partial charge in [-0.1, -0.05) is 35.3 Å². The molecular formula is C20H24Cl2N2O2. The normalized spacial score (nSPS) is 16.5. The zero-order chi connectivity index (χ0) is 18.7. The first-order valence-electron chi connectivity index (χ1n) is 8.67. The number of methoxy groups -OCH3 is 1. The van der Waals surface area contributed by atoms with Crippen molar-refractivity contribution in [2.45, 2.75) is 12.5 Å². The molecule has 0 bridgehead atoms. The summed E-state index contributed by atoms with van der Waals surface area (Å²) in [6.07, 6.45) is 0.929. The molecule has 0 fully saturated rings. The van der Waals surface area contributed by atoms with Crippen LogP contribution in [0.15, 0.2) is 30.3 Å². The summed E-state index contributed by atoms with van der Waals surface area (Å²) in [5, 5.41) is 4.70. The first kappa shape index (κ1) is 19.3. The Balaban J connectivity index is 1.98. The maximum Gasteiger partial charge on any atom is 0.161 e. The second kappa shape index (κ2) is 8.49. The summed E-state index contributed by atoms with van der Waals surface area (Å²) < 4.78 is 11.5. The van der Waals surface area contributed by atoms with Gasteiger partial charge in [-0.3, -0.25) is 0 Å². The highest BCUT2D eigenvalue weighted by molar-refractivity contribution is 6.42. The van der Waals surface area contributed by atoms with Crippen LogP contribution in [0, 0.1) is 0 Å². The minimum Gasteiger partial charge on any atom is -0.493 e. The van der Waals surface area contributed by atoms with Crippen molar-refractivity contribution in [2.24, 2.45) is 0 Å². The van der Waals surface area contributed by atoms with Crippen LogP contribution in [0.5, 0.6) is 11.5 Å². The van der Waals surface area contributed by atoms with Crippen molar-refractivity contribution < 1.29 is 9.47 Å². The van der Waals surface area contributed by atoms with Gasteiger partial charge >= 0.3 is 0 Å². The van der Waals surface area contributed by atoms with Crippen LogP contribution in [-0.4, -0.2) is 45.8 Å². The summed E-state index contributed by atoms with van der Waals surface area (Å²) in [4.78, 5) is 2.08. The molecule has 0 saturated carbocycles. The van der Waals surface area contributed by atoms with Crippen LogP contribution in [-0.2, 0) is 6.42 Å². The van der Waals surface area contributed by atoms with Gasteiger partial charge < -0.3 is 19.7 Å². The summed E-state index contributed by atoms with van der Waals surface area (Å²) >= 11 is 12.7. The van der Waals surface area contributed by atoms with E-state index in [9.17, 15) is 0 Å². The number of halogens is 2. The van der Waals surface area contributed by atoms with E-state index >= 15 is 0 Å². The lowest BCUT2D eigenvalue weighted by Gasteiger charge is -2.29. The topological polar surface area (TPSA) is 33.7 Å². The molecule has 0 radical (unpaired) electrons. The SMILES string of the molecule is COc1cc2c(cc1OCCN(C)C)C(c1cccc(Cl)c1Cl)NCC2. The predicted molar refractivity (Wildman–Crippen MR) is 107 cm³/mol. The number of nitrogens with one attached hydrogen (secondary N) is 1. The largest absolute Gasteiger partial charge is 0.493 e. The fraction of sp³-hybridized carbons (Fsp3) is 0.400. The van der Waals surface area contributed by atoms with E-state index in [1.165, 1.54) is 5.56 Å². The van der Waals surface area contributed by atoms with E-state index in [1.54, 1.807) is 13.2 Å². The lowest BCUT2D eigenvalue weighted by Crippen LogP contribution is -2.31. The van der Waals surface area contributed by atoms with Gasteiger partial charge in [-0.15, -0.1) is 0 Å². The Morgan fingerprint density at radius 1 is 1.15 bits per heavy atom. The Morgan fingerprint density at radius 3 is 2.69 bits per heavy atom. The molecule has 2 aromatic rings. The van der Waals surface area contributed by atoms with Crippen molar-refractivity contribution >= 4 is 23.2 Å². The number of hydrogen-bond acceptors (Lipinski definition) is 4. The molecule has 0 saturated heterocycles. The highest BCUT2D eigenvalue weighted by atomic mass is 35.5. The van der Waals surface area contributed by atoms with Crippen LogP contribution >= 0.6 is 23.2 Å². The third-order valence-corrected chi connectivity index (χ3v) is 5.40. The summed E-state index contributed by atoms with van der Waals surface area (Å²) in [5.74, 6) is 1.51. The van der Waals surface area contributed by atoms with Gasteiger partial charge in [0.05, 0.1) is 23.2 Å². The van der Waals surface area contributed by atoms with Crippen LogP contribution in [0.2, 0.25) is 10.0 Å². The van der Waals surface area contributed by atoms with Crippen LogP contribution < -0.4 is 14.8 Å². The van der Waals surface area contributed by atoms with E-state index in [-0.39, 0.29) is 6.04 Å². The van der Waals surface area contributed by atoms with Crippen molar-refractivity contribution in [2.75, 3.05) is 40.9 Å². The van der Waals surface area contributed by atoms with E-state index in [1.807, 2.05) is 26.2 Å². The third-order valence-electron chi connectivity index (χ3n) is 4.57. The van der Waals surface area contributed by atoms with Crippen LogP contribution in [0.4, 0.5) is 0 Å². The van der Waals surface area contributed by atoms with Gasteiger partial charge in [0, 0.05) is 13.1 Å². The fourth-order valence-electron chi connectivity index (χ4n) is 3.20. The van der Waals surface area contributed by atoms with Gasteiger partial charge in [0.15, 0.2) is 11.5 Å². The Bertz CT molecular complexity index is 781. The summed E-state index contributed by atoms with van der Waals surface area (Å²) in [6, 6.07) is 9.87. The van der Waals surface area contributed by atoms with Crippen LogP contribution in [0.3, 0.4) is 0 Å². The number of hydrogen-bond donors (Lipinski definition) is 1. The van der Waals surface area contributed by atoms with Crippen molar-refractivity contribution in [3.63, 3.8) is 0 Å². The van der Waals surface area contributed by atoms with Gasteiger partial charge in [-0.25, -0.2) is 0 Å².